The molecule has 230 valence electrons. The Labute approximate surface area is 243 Å². The van der Waals surface area contributed by atoms with Gasteiger partial charge >= 0.3 is 7.12 Å². The molecular formula is C27H48BN7O6. The number of nitrogens with zero attached hydrogens (tertiary/aromatic N) is 2. The smallest absolute Gasteiger partial charge is 0.404 e. The van der Waals surface area contributed by atoms with Crippen LogP contribution in [0.3, 0.4) is 0 Å². The number of amides is 2. The second-order valence-electron chi connectivity index (χ2n) is 13.4. The number of rotatable bonds is 12. The fourth-order valence-electron chi connectivity index (χ4n) is 7.37. The van der Waals surface area contributed by atoms with Crippen LogP contribution in [0.2, 0.25) is 0 Å². The molecule has 5 aliphatic rings. The Balaban J connectivity index is 1.43. The van der Waals surface area contributed by atoms with Crippen LogP contribution in [0.4, 0.5) is 0 Å². The van der Waals surface area contributed by atoms with Crippen LogP contribution in [-0.4, -0.2) is 73.2 Å². The zero-order chi connectivity index (χ0) is 29.9. The maximum atomic E-state index is 13.7. The summed E-state index contributed by atoms with van der Waals surface area (Å²) in [7, 11) is -0.565. The summed E-state index contributed by atoms with van der Waals surface area (Å²) in [6.07, 6.45) is 4.90. The van der Waals surface area contributed by atoms with E-state index in [1.54, 1.807) is 5.43 Å². The van der Waals surface area contributed by atoms with Crippen LogP contribution in [0.15, 0.2) is 4.99 Å². The SMILES string of the molecule is CC(C)C[C@H](NC(=O)[C@H](CCCN=C(N)N[N+](=O)[O-])NC(=O)C1CCNCC1)B1O[C@@H]2C[C@H]3C[C@H](C3(C)C)[C@]2(C)O1. The zero-order valence-corrected chi connectivity index (χ0v) is 25.1. The molecule has 6 atom stereocenters. The fraction of sp³-hybridized carbons (Fsp3) is 0.889. The highest BCUT2D eigenvalue weighted by molar-refractivity contribution is 6.48. The van der Waals surface area contributed by atoms with Crippen LogP contribution < -0.4 is 27.1 Å². The highest BCUT2D eigenvalue weighted by atomic mass is 16.7. The number of hydrogen-bond donors (Lipinski definition) is 5. The predicted molar refractivity (Wildman–Crippen MR) is 155 cm³/mol. The van der Waals surface area contributed by atoms with Crippen molar-refractivity contribution in [1.82, 2.24) is 21.4 Å². The van der Waals surface area contributed by atoms with Gasteiger partial charge < -0.3 is 31.0 Å². The van der Waals surface area contributed by atoms with Crippen molar-refractivity contribution < 1.29 is 23.9 Å². The van der Waals surface area contributed by atoms with Crippen LogP contribution in [0, 0.1) is 39.2 Å². The van der Waals surface area contributed by atoms with E-state index in [0.717, 1.165) is 25.9 Å². The number of nitro groups is 1. The van der Waals surface area contributed by atoms with Gasteiger partial charge in [-0.05, 0) is 88.1 Å². The molecule has 2 heterocycles. The summed E-state index contributed by atoms with van der Waals surface area (Å²) in [5, 5.41) is 19.2. The molecule has 0 radical (unpaired) electrons. The molecule has 0 aromatic rings. The van der Waals surface area contributed by atoms with Gasteiger partial charge in [-0.3, -0.25) is 9.59 Å². The van der Waals surface area contributed by atoms with Gasteiger partial charge in [-0.2, -0.15) is 0 Å². The summed E-state index contributed by atoms with van der Waals surface area (Å²) in [5.41, 5.74) is 7.15. The molecule has 13 nitrogen and oxygen atoms in total. The van der Waals surface area contributed by atoms with Crippen LogP contribution in [0.1, 0.15) is 79.6 Å². The molecule has 3 aliphatic carbocycles. The van der Waals surface area contributed by atoms with E-state index in [-0.39, 0.29) is 59.2 Å². The minimum Gasteiger partial charge on any atom is -0.404 e. The Kier molecular flexibility index (Phi) is 9.85. The number of piperidine rings is 1. The summed E-state index contributed by atoms with van der Waals surface area (Å²) in [5.74, 6) is 0.0402. The highest BCUT2D eigenvalue weighted by Gasteiger charge is 2.68. The first-order valence-corrected chi connectivity index (χ1v) is 15.2. The van der Waals surface area contributed by atoms with E-state index < -0.39 is 18.2 Å². The predicted octanol–water partition coefficient (Wildman–Crippen LogP) is 1.15. The van der Waals surface area contributed by atoms with Crippen molar-refractivity contribution in [2.24, 2.45) is 39.8 Å². The lowest BCUT2D eigenvalue weighted by Gasteiger charge is -2.64. The number of carbonyl (C=O) groups excluding carboxylic acids is 2. The minimum absolute atomic E-state index is 0.00217. The maximum Gasteiger partial charge on any atom is 0.481 e. The standard InChI is InChI=1S/C27H48BN7O6/c1-16(2)13-22(28-40-21-15-18-14-20(26(18,3)4)27(21,5)41-28)33-24(37)19(7-6-10-31-25(29)34-35(38)39)32-23(36)17-8-11-30-12-9-17/h16-22,30H,6-15H2,1-5H3,(H,32,36)(H,33,37)(H3,29,31,34)/t18-,19+,20-,21-,22+,27+/m1/s1. The molecule has 0 aromatic carbocycles. The summed E-state index contributed by atoms with van der Waals surface area (Å²) in [4.78, 5) is 41.4. The molecule has 5 fully saturated rings. The average molecular weight is 578 g/mol. The first-order chi connectivity index (χ1) is 19.3. The number of nitrogens with one attached hydrogen (secondary N) is 4. The van der Waals surface area contributed by atoms with E-state index >= 15 is 0 Å². The van der Waals surface area contributed by atoms with Gasteiger partial charge in [0, 0.05) is 12.5 Å². The first-order valence-electron chi connectivity index (χ1n) is 15.2. The maximum absolute atomic E-state index is 13.7. The number of hydrazine groups is 1. The van der Waals surface area contributed by atoms with E-state index in [4.69, 9.17) is 15.0 Å². The van der Waals surface area contributed by atoms with Gasteiger partial charge in [0.2, 0.25) is 11.8 Å². The highest BCUT2D eigenvalue weighted by Crippen LogP contribution is 2.65. The first kappa shape index (κ1) is 31.5. The van der Waals surface area contributed by atoms with Crippen molar-refractivity contribution in [2.75, 3.05) is 19.6 Å². The third-order valence-electron chi connectivity index (χ3n) is 9.83. The summed E-state index contributed by atoms with van der Waals surface area (Å²) < 4.78 is 13.2. The van der Waals surface area contributed by atoms with Gasteiger partial charge in [-0.15, -0.1) is 0 Å². The molecule has 2 aliphatic heterocycles. The Morgan fingerprint density at radius 2 is 1.90 bits per heavy atom. The number of carbonyl (C=O) groups is 2. The van der Waals surface area contributed by atoms with Gasteiger partial charge in [0.1, 0.15) is 6.04 Å². The van der Waals surface area contributed by atoms with E-state index in [1.165, 1.54) is 0 Å². The molecule has 14 heteroatoms. The topological polar surface area (TPSA) is 182 Å². The molecule has 2 bridgehead atoms. The summed E-state index contributed by atoms with van der Waals surface area (Å²) in [6.45, 7) is 12.7. The zero-order valence-electron chi connectivity index (χ0n) is 25.1. The molecule has 5 rings (SSSR count). The van der Waals surface area contributed by atoms with Crippen molar-refractivity contribution in [3.8, 4) is 0 Å². The van der Waals surface area contributed by atoms with E-state index in [9.17, 15) is 19.7 Å². The van der Waals surface area contributed by atoms with Crippen molar-refractivity contribution in [3.63, 3.8) is 0 Å². The lowest BCUT2D eigenvalue weighted by atomic mass is 9.43. The lowest BCUT2D eigenvalue weighted by molar-refractivity contribution is -0.525. The monoisotopic (exact) mass is 577 g/mol. The van der Waals surface area contributed by atoms with Crippen LogP contribution in [-0.2, 0) is 18.9 Å². The number of nitrogens with two attached hydrogens (primary N) is 1. The largest absolute Gasteiger partial charge is 0.481 e. The van der Waals surface area contributed by atoms with Crippen molar-refractivity contribution >= 4 is 24.9 Å². The lowest BCUT2D eigenvalue weighted by Crippen LogP contribution is -2.65. The molecule has 0 unspecified atom stereocenters. The van der Waals surface area contributed by atoms with Gasteiger partial charge in [-0.1, -0.05) is 33.1 Å². The summed E-state index contributed by atoms with van der Waals surface area (Å²) in [6, 6.07) is -0.794. The normalized spacial score (nSPS) is 30.6. The Hall–Kier alpha value is -2.45. The van der Waals surface area contributed by atoms with Crippen molar-refractivity contribution in [2.45, 2.75) is 103 Å². The molecule has 0 spiro atoms. The third-order valence-corrected chi connectivity index (χ3v) is 9.83. The second-order valence-corrected chi connectivity index (χ2v) is 13.4. The van der Waals surface area contributed by atoms with Gasteiger partial charge in [0.25, 0.3) is 5.96 Å². The fourth-order valence-corrected chi connectivity index (χ4v) is 7.37. The van der Waals surface area contributed by atoms with E-state index in [2.05, 4.69) is 55.6 Å². The second kappa shape index (κ2) is 12.8. The molecule has 2 amide bonds. The molecule has 41 heavy (non-hydrogen) atoms. The molecule has 2 saturated heterocycles. The quantitative estimate of drug-likeness (QED) is 0.0567. The van der Waals surface area contributed by atoms with Crippen LogP contribution in [0.5, 0.6) is 0 Å². The molecular weight excluding hydrogens is 529 g/mol. The Morgan fingerprint density at radius 1 is 1.20 bits per heavy atom. The minimum atomic E-state index is -0.794. The van der Waals surface area contributed by atoms with Gasteiger partial charge in [0.15, 0.2) is 5.03 Å². The van der Waals surface area contributed by atoms with Crippen molar-refractivity contribution in [1.29, 1.82) is 0 Å². The van der Waals surface area contributed by atoms with Gasteiger partial charge in [-0.25, -0.2) is 15.1 Å². The molecule has 6 N–H and O–H groups in total. The Morgan fingerprint density at radius 3 is 2.54 bits per heavy atom. The third kappa shape index (κ3) is 7.14. The number of hydrogen-bond acceptors (Lipinski definition) is 8. The summed E-state index contributed by atoms with van der Waals surface area (Å²) >= 11 is 0. The van der Waals surface area contributed by atoms with Crippen LogP contribution >= 0.6 is 0 Å². The van der Waals surface area contributed by atoms with Crippen molar-refractivity contribution in [3.05, 3.63) is 10.1 Å². The van der Waals surface area contributed by atoms with E-state index in [1.807, 2.05) is 0 Å². The Bertz CT molecular complexity index is 1010. The van der Waals surface area contributed by atoms with E-state index in [0.29, 0.717) is 43.9 Å². The number of aliphatic imine (C=N–C) groups is 1. The van der Waals surface area contributed by atoms with Gasteiger partial charge in [0.05, 0.1) is 17.6 Å². The average Bonchev–Trinajstić information content (AvgIpc) is 3.26. The molecule has 3 saturated carbocycles. The number of guanidine groups is 1. The van der Waals surface area contributed by atoms with Crippen LogP contribution in [0.25, 0.3) is 0 Å². The molecule has 0 aromatic heterocycles.